The number of likely N-dealkylation sites (N-methyl/N-ethyl adjacent to an activating group) is 1. The van der Waals surface area contributed by atoms with Crippen LogP contribution in [0.3, 0.4) is 0 Å². The number of nitrogens with one attached hydrogen (secondary N) is 1. The highest BCUT2D eigenvalue weighted by Gasteiger charge is 2.37. The summed E-state index contributed by atoms with van der Waals surface area (Å²) < 4.78 is 16.7. The van der Waals surface area contributed by atoms with E-state index in [1.165, 1.54) is 24.1 Å². The number of nitrogens with two attached hydrogens (primary N) is 1. The molecule has 10 nitrogen and oxygen atoms in total. The van der Waals surface area contributed by atoms with Crippen molar-refractivity contribution in [2.45, 2.75) is 79.9 Å². The maximum atomic E-state index is 13.4. The van der Waals surface area contributed by atoms with Crippen molar-refractivity contribution in [1.29, 1.82) is 0 Å². The van der Waals surface area contributed by atoms with Gasteiger partial charge in [-0.1, -0.05) is 18.2 Å². The molecular weight excluding hydrogens is 538 g/mol. The zero-order valence-corrected chi connectivity index (χ0v) is 26.4. The molecule has 0 bridgehead atoms. The molecule has 0 saturated heterocycles. The van der Waals surface area contributed by atoms with Crippen molar-refractivity contribution < 1.29 is 33.4 Å². The summed E-state index contributed by atoms with van der Waals surface area (Å²) in [6.07, 6.45) is 0. The van der Waals surface area contributed by atoms with Crippen LogP contribution in [0.2, 0.25) is 0 Å². The number of rotatable bonds is 11. The van der Waals surface area contributed by atoms with Crippen molar-refractivity contribution in [3.63, 3.8) is 0 Å². The molecule has 0 aliphatic carbocycles. The largest absolute Gasteiger partial charge is 0.484 e. The topological polar surface area (TPSA) is 137 Å². The van der Waals surface area contributed by atoms with Gasteiger partial charge < -0.3 is 30.2 Å². The van der Waals surface area contributed by atoms with E-state index in [1.807, 2.05) is 6.07 Å². The second-order valence-electron chi connectivity index (χ2n) is 12.9. The number of benzene rings is 2. The number of amides is 1. The minimum absolute atomic E-state index is 0.0466. The highest BCUT2D eigenvalue weighted by atomic mass is 16.6. The fourth-order valence-electron chi connectivity index (χ4n) is 3.49. The van der Waals surface area contributed by atoms with Crippen molar-refractivity contribution in [2.24, 2.45) is 16.6 Å². The summed E-state index contributed by atoms with van der Waals surface area (Å²) >= 11 is 0. The van der Waals surface area contributed by atoms with E-state index in [9.17, 15) is 19.2 Å². The van der Waals surface area contributed by atoms with Gasteiger partial charge >= 0.3 is 11.9 Å². The predicted molar refractivity (Wildman–Crippen MR) is 161 cm³/mol. The van der Waals surface area contributed by atoms with Gasteiger partial charge in [-0.05, 0) is 86.6 Å². The van der Waals surface area contributed by atoms with E-state index < -0.39 is 40.4 Å². The van der Waals surface area contributed by atoms with Crippen LogP contribution in [0.1, 0.15) is 62.3 Å². The smallest absolute Gasteiger partial charge is 0.316 e. The highest BCUT2D eigenvalue weighted by molar-refractivity contribution is 5.93. The van der Waals surface area contributed by atoms with Crippen molar-refractivity contribution in [2.75, 3.05) is 19.0 Å². The molecule has 0 spiro atoms. The number of esters is 2. The summed E-state index contributed by atoms with van der Waals surface area (Å²) in [4.78, 5) is 52.6. The Balaban J connectivity index is 2.21. The first-order valence-corrected chi connectivity index (χ1v) is 13.8. The molecule has 2 aromatic carbocycles. The average molecular weight is 584 g/mol. The van der Waals surface area contributed by atoms with Crippen LogP contribution in [0.5, 0.6) is 17.2 Å². The van der Waals surface area contributed by atoms with Gasteiger partial charge in [-0.15, -0.1) is 0 Å². The zero-order chi connectivity index (χ0) is 32.0. The Hall–Kier alpha value is -3.92. The monoisotopic (exact) mass is 583 g/mol. The van der Waals surface area contributed by atoms with E-state index in [2.05, 4.69) is 5.32 Å². The SMILES string of the molecule is C[C@@H](C(=O)C(N)C(C)(C)Nc1ccc(OC(=O)C(C)(C)C)c(OC(=O)C(C)(C)C)c1)N(C)C(=O)COc1ccccc1. The van der Waals surface area contributed by atoms with E-state index in [0.29, 0.717) is 11.4 Å². The zero-order valence-electron chi connectivity index (χ0n) is 26.4. The number of ether oxygens (including phenoxy) is 3. The van der Waals surface area contributed by atoms with Gasteiger partial charge in [0.1, 0.15) is 5.75 Å². The molecule has 1 unspecified atom stereocenters. The molecule has 0 aromatic heterocycles. The molecule has 2 atom stereocenters. The number of carbonyl (C=O) groups excluding carboxylic acids is 4. The molecule has 0 aliphatic heterocycles. The van der Waals surface area contributed by atoms with Crippen molar-refractivity contribution in [3.8, 4) is 17.2 Å². The average Bonchev–Trinajstić information content (AvgIpc) is 2.90. The maximum absolute atomic E-state index is 13.4. The molecule has 1 amide bonds. The van der Waals surface area contributed by atoms with Crippen LogP contribution >= 0.6 is 0 Å². The number of para-hydroxylation sites is 1. The van der Waals surface area contributed by atoms with Crippen LogP contribution in [0, 0.1) is 10.8 Å². The predicted octanol–water partition coefficient (Wildman–Crippen LogP) is 4.60. The van der Waals surface area contributed by atoms with E-state index in [1.54, 1.807) is 92.6 Å². The maximum Gasteiger partial charge on any atom is 0.316 e. The third kappa shape index (κ3) is 9.30. The Morgan fingerprint density at radius 1 is 0.833 bits per heavy atom. The molecule has 3 N–H and O–H groups in total. The molecule has 230 valence electrons. The second kappa shape index (κ2) is 13.4. The Morgan fingerprint density at radius 3 is 1.88 bits per heavy atom. The molecule has 0 radical (unpaired) electrons. The van der Waals surface area contributed by atoms with Gasteiger partial charge in [0.25, 0.3) is 5.91 Å². The number of anilines is 1. The number of nitrogens with zero attached hydrogens (tertiary/aromatic N) is 1. The summed E-state index contributed by atoms with van der Waals surface area (Å²) in [5.74, 6) is -1.07. The van der Waals surface area contributed by atoms with E-state index in [-0.39, 0.29) is 29.8 Å². The van der Waals surface area contributed by atoms with Gasteiger partial charge in [0, 0.05) is 18.8 Å². The molecule has 0 fully saturated rings. The van der Waals surface area contributed by atoms with Gasteiger partial charge in [0.15, 0.2) is 23.9 Å². The first-order chi connectivity index (χ1) is 19.2. The standard InChI is InChI=1S/C32H45N3O7/c1-20(35(10)25(36)19-40-22-14-12-11-13-15-22)26(37)27(33)32(8,9)34-21-16-17-23(41-28(38)30(2,3)4)24(18-21)42-29(39)31(5,6)7/h11-18,20,27,34H,19,33H2,1-10H3/t20-,27?/m0/s1. The van der Waals surface area contributed by atoms with Gasteiger partial charge in [-0.2, -0.15) is 0 Å². The number of hydrogen-bond donors (Lipinski definition) is 2. The number of carbonyl (C=O) groups is 4. The molecule has 10 heteroatoms. The summed E-state index contributed by atoms with van der Waals surface area (Å²) in [6.45, 7) is 15.2. The molecular formula is C32H45N3O7. The quantitative estimate of drug-likeness (QED) is 0.287. The Labute approximate surface area is 248 Å². The number of hydrogen-bond acceptors (Lipinski definition) is 9. The normalized spacial score (nSPS) is 13.4. The molecule has 42 heavy (non-hydrogen) atoms. The lowest BCUT2D eigenvalue weighted by atomic mass is 9.88. The Kier molecular flexibility index (Phi) is 10.9. The van der Waals surface area contributed by atoms with Crippen molar-refractivity contribution >= 4 is 29.3 Å². The lowest BCUT2D eigenvalue weighted by molar-refractivity contribution is -0.145. The first kappa shape index (κ1) is 34.3. The van der Waals surface area contributed by atoms with Crippen LogP contribution < -0.4 is 25.3 Å². The summed E-state index contributed by atoms with van der Waals surface area (Å²) in [5.41, 5.74) is 4.32. The minimum atomic E-state index is -1.03. The lowest BCUT2D eigenvalue weighted by Crippen LogP contribution is -2.59. The van der Waals surface area contributed by atoms with Crippen LogP contribution in [-0.4, -0.2) is 59.8 Å². The first-order valence-electron chi connectivity index (χ1n) is 13.8. The second-order valence-corrected chi connectivity index (χ2v) is 12.9. The lowest BCUT2D eigenvalue weighted by Gasteiger charge is -2.36. The van der Waals surface area contributed by atoms with Gasteiger partial charge in [-0.3, -0.25) is 19.2 Å². The fraction of sp³-hybridized carbons (Fsp3) is 0.500. The van der Waals surface area contributed by atoms with Crippen molar-refractivity contribution in [1.82, 2.24) is 4.90 Å². The van der Waals surface area contributed by atoms with Crippen LogP contribution in [0.4, 0.5) is 5.69 Å². The van der Waals surface area contributed by atoms with Gasteiger partial charge in [0.05, 0.1) is 28.5 Å². The van der Waals surface area contributed by atoms with Crippen LogP contribution in [0.25, 0.3) is 0 Å². The molecule has 0 aliphatic rings. The summed E-state index contributed by atoms with van der Waals surface area (Å²) in [7, 11) is 1.53. The number of ketones is 1. The van der Waals surface area contributed by atoms with Gasteiger partial charge in [-0.25, -0.2) is 0 Å². The summed E-state index contributed by atoms with van der Waals surface area (Å²) in [5, 5.41) is 3.23. The third-order valence-corrected chi connectivity index (χ3v) is 6.62. The number of Topliss-reactive ketones (excluding diaryl/α,β-unsaturated/α-hetero) is 1. The van der Waals surface area contributed by atoms with E-state index >= 15 is 0 Å². The highest BCUT2D eigenvalue weighted by Crippen LogP contribution is 2.35. The van der Waals surface area contributed by atoms with Crippen LogP contribution in [-0.2, 0) is 19.2 Å². The minimum Gasteiger partial charge on any atom is -0.484 e. The summed E-state index contributed by atoms with van der Waals surface area (Å²) in [6, 6.07) is 11.7. The third-order valence-electron chi connectivity index (χ3n) is 6.62. The van der Waals surface area contributed by atoms with E-state index in [4.69, 9.17) is 19.9 Å². The molecule has 0 heterocycles. The van der Waals surface area contributed by atoms with Gasteiger partial charge in [0.2, 0.25) is 0 Å². The molecule has 2 aromatic rings. The van der Waals surface area contributed by atoms with Crippen LogP contribution in [0.15, 0.2) is 48.5 Å². The van der Waals surface area contributed by atoms with E-state index in [0.717, 1.165) is 0 Å². The molecule has 0 saturated carbocycles. The van der Waals surface area contributed by atoms with Crippen molar-refractivity contribution in [3.05, 3.63) is 48.5 Å². The molecule has 2 rings (SSSR count). The Bertz CT molecular complexity index is 1280. The fourth-order valence-corrected chi connectivity index (χ4v) is 3.49. The Morgan fingerprint density at radius 2 is 1.36 bits per heavy atom.